The lowest BCUT2D eigenvalue weighted by molar-refractivity contribution is 1.28. The average molecular weight is 152 g/mol. The van der Waals surface area contributed by atoms with Gasteiger partial charge in [-0.2, -0.15) is 0 Å². The minimum atomic E-state index is 1.35. The summed E-state index contributed by atoms with van der Waals surface area (Å²) in [5.41, 5.74) is 2.75. The lowest BCUT2D eigenvalue weighted by Crippen LogP contribution is -1.79. The van der Waals surface area contributed by atoms with Crippen LogP contribution in [0.5, 0.6) is 0 Å². The van der Waals surface area contributed by atoms with E-state index >= 15 is 0 Å². The zero-order valence-corrected chi connectivity index (χ0v) is 7.46. The molecule has 0 spiro atoms. The molecule has 1 aromatic carbocycles. The van der Waals surface area contributed by atoms with Gasteiger partial charge < -0.3 is 0 Å². The smallest absolute Gasteiger partial charge is 0.00719 e. The van der Waals surface area contributed by atoms with Crippen LogP contribution in [-0.4, -0.2) is 6.26 Å². The van der Waals surface area contributed by atoms with Crippen LogP contribution in [0.1, 0.15) is 11.1 Å². The maximum Gasteiger partial charge on any atom is 0.00719 e. The largest absolute Gasteiger partial charge is 0.130 e. The van der Waals surface area contributed by atoms with Crippen molar-refractivity contribution in [1.29, 1.82) is 0 Å². The number of hydrogen-bond donors (Lipinski definition) is 0. The Morgan fingerprint density at radius 3 is 2.30 bits per heavy atom. The van der Waals surface area contributed by atoms with E-state index in [1.807, 2.05) is 0 Å². The molecular weight excluding hydrogens is 140 g/mol. The highest BCUT2D eigenvalue weighted by molar-refractivity contribution is 7.98. The van der Waals surface area contributed by atoms with Crippen LogP contribution in [0.2, 0.25) is 0 Å². The summed E-state index contributed by atoms with van der Waals surface area (Å²) in [5, 5.41) is 0. The zero-order chi connectivity index (χ0) is 7.56. The maximum absolute atomic E-state index is 2.22. The quantitative estimate of drug-likeness (QED) is 0.557. The Kier molecular flexibility index (Phi) is 2.39. The fourth-order valence-corrected chi connectivity index (χ4v) is 1.34. The van der Waals surface area contributed by atoms with Gasteiger partial charge in [0, 0.05) is 4.90 Å². The molecule has 54 valence electrons. The lowest BCUT2D eigenvalue weighted by atomic mass is 10.1. The molecule has 10 heavy (non-hydrogen) atoms. The second kappa shape index (κ2) is 3.11. The van der Waals surface area contributed by atoms with E-state index in [0.717, 1.165) is 0 Å². The fourth-order valence-electron chi connectivity index (χ4n) is 0.841. The van der Waals surface area contributed by atoms with Crippen molar-refractivity contribution in [2.24, 2.45) is 0 Å². The topological polar surface area (TPSA) is 0 Å². The summed E-state index contributed by atoms with van der Waals surface area (Å²) in [6, 6.07) is 6.55. The molecule has 0 atom stereocenters. The van der Waals surface area contributed by atoms with Crippen molar-refractivity contribution < 1.29 is 0 Å². The average Bonchev–Trinajstić information content (AvgIpc) is 1.95. The first kappa shape index (κ1) is 7.67. The van der Waals surface area contributed by atoms with E-state index in [9.17, 15) is 0 Å². The first-order valence-electron chi connectivity index (χ1n) is 3.35. The maximum atomic E-state index is 2.22. The van der Waals surface area contributed by atoms with E-state index in [1.165, 1.54) is 16.0 Å². The van der Waals surface area contributed by atoms with Crippen LogP contribution in [0.3, 0.4) is 0 Å². The van der Waals surface area contributed by atoms with Gasteiger partial charge in [0.05, 0.1) is 0 Å². The molecule has 0 saturated carbocycles. The van der Waals surface area contributed by atoms with Crippen molar-refractivity contribution in [1.82, 2.24) is 0 Å². The molecule has 0 aliphatic rings. The van der Waals surface area contributed by atoms with Crippen LogP contribution < -0.4 is 0 Å². The van der Waals surface area contributed by atoms with E-state index in [4.69, 9.17) is 0 Å². The van der Waals surface area contributed by atoms with E-state index in [1.54, 1.807) is 11.8 Å². The van der Waals surface area contributed by atoms with Gasteiger partial charge in [0.25, 0.3) is 0 Å². The Labute approximate surface area is 66.6 Å². The van der Waals surface area contributed by atoms with Gasteiger partial charge in [-0.25, -0.2) is 0 Å². The molecule has 0 unspecified atom stereocenters. The fraction of sp³-hybridized carbons (Fsp3) is 0.333. The molecular formula is C9H12S. The van der Waals surface area contributed by atoms with E-state index in [2.05, 4.69) is 38.3 Å². The Morgan fingerprint density at radius 2 is 1.80 bits per heavy atom. The number of rotatable bonds is 1. The molecule has 0 aliphatic carbocycles. The Hall–Kier alpha value is -0.430. The lowest BCUT2D eigenvalue weighted by Gasteiger charge is -2.00. The van der Waals surface area contributed by atoms with Gasteiger partial charge in [-0.15, -0.1) is 11.8 Å². The van der Waals surface area contributed by atoms with Crippen LogP contribution in [0.25, 0.3) is 0 Å². The number of aryl methyl sites for hydroxylation is 2. The minimum absolute atomic E-state index is 1.35. The molecule has 0 heterocycles. The van der Waals surface area contributed by atoms with Gasteiger partial charge in [-0.3, -0.25) is 0 Å². The summed E-state index contributed by atoms with van der Waals surface area (Å²) in [5.74, 6) is 0. The molecule has 0 N–H and O–H groups in total. The van der Waals surface area contributed by atoms with Gasteiger partial charge >= 0.3 is 0 Å². The molecule has 1 aromatic rings. The summed E-state index contributed by atoms with van der Waals surface area (Å²) in [6.07, 6.45) is 2.10. The normalized spacial score (nSPS) is 9.90. The number of benzene rings is 1. The van der Waals surface area contributed by atoms with Crippen molar-refractivity contribution in [3.05, 3.63) is 29.3 Å². The zero-order valence-electron chi connectivity index (χ0n) is 6.64. The SMILES string of the molecule is CSc1ccc(C)c(C)c1. The minimum Gasteiger partial charge on any atom is -0.130 e. The molecule has 0 aliphatic heterocycles. The second-order valence-electron chi connectivity index (χ2n) is 2.45. The van der Waals surface area contributed by atoms with Crippen molar-refractivity contribution in [3.8, 4) is 0 Å². The van der Waals surface area contributed by atoms with Crippen molar-refractivity contribution in [2.45, 2.75) is 18.7 Å². The second-order valence-corrected chi connectivity index (χ2v) is 3.33. The predicted octanol–water partition coefficient (Wildman–Crippen LogP) is 3.03. The number of hydrogen-bond acceptors (Lipinski definition) is 1. The van der Waals surface area contributed by atoms with Crippen LogP contribution in [0.4, 0.5) is 0 Å². The van der Waals surface area contributed by atoms with Crippen LogP contribution in [-0.2, 0) is 0 Å². The van der Waals surface area contributed by atoms with E-state index in [0.29, 0.717) is 0 Å². The van der Waals surface area contributed by atoms with Crippen molar-refractivity contribution in [2.75, 3.05) is 6.26 Å². The summed E-state index contributed by atoms with van der Waals surface area (Å²) in [6.45, 7) is 4.29. The van der Waals surface area contributed by atoms with Gasteiger partial charge in [-0.05, 0) is 43.4 Å². The summed E-state index contributed by atoms with van der Waals surface area (Å²) in [7, 11) is 0. The third kappa shape index (κ3) is 1.54. The summed E-state index contributed by atoms with van der Waals surface area (Å²) >= 11 is 1.79. The van der Waals surface area contributed by atoms with E-state index in [-0.39, 0.29) is 0 Å². The Bertz CT molecular complexity index is 228. The molecule has 0 fully saturated rings. The molecule has 1 heteroatoms. The highest BCUT2D eigenvalue weighted by Gasteiger charge is 1.92. The van der Waals surface area contributed by atoms with Crippen LogP contribution in [0, 0.1) is 13.8 Å². The Morgan fingerprint density at radius 1 is 1.10 bits per heavy atom. The summed E-state index contributed by atoms with van der Waals surface area (Å²) < 4.78 is 0. The van der Waals surface area contributed by atoms with Gasteiger partial charge in [0.2, 0.25) is 0 Å². The Balaban J connectivity index is 3.04. The first-order valence-corrected chi connectivity index (χ1v) is 4.58. The summed E-state index contributed by atoms with van der Waals surface area (Å²) in [4.78, 5) is 1.35. The highest BCUT2D eigenvalue weighted by atomic mass is 32.2. The molecule has 0 aromatic heterocycles. The molecule has 0 bridgehead atoms. The monoisotopic (exact) mass is 152 g/mol. The van der Waals surface area contributed by atoms with Crippen LogP contribution in [0.15, 0.2) is 23.1 Å². The van der Waals surface area contributed by atoms with Crippen molar-refractivity contribution >= 4 is 11.8 Å². The third-order valence-corrected chi connectivity index (χ3v) is 2.44. The molecule has 0 saturated heterocycles. The van der Waals surface area contributed by atoms with Gasteiger partial charge in [-0.1, -0.05) is 6.07 Å². The molecule has 1 rings (SSSR count). The third-order valence-electron chi connectivity index (χ3n) is 1.71. The highest BCUT2D eigenvalue weighted by Crippen LogP contribution is 2.17. The number of thioether (sulfide) groups is 1. The van der Waals surface area contributed by atoms with Crippen molar-refractivity contribution in [3.63, 3.8) is 0 Å². The molecule has 0 amide bonds. The standard InChI is InChI=1S/C9H12S/c1-7-4-5-9(10-3)6-8(7)2/h4-6H,1-3H3. The van der Waals surface area contributed by atoms with E-state index < -0.39 is 0 Å². The first-order chi connectivity index (χ1) is 4.74. The predicted molar refractivity (Wildman–Crippen MR) is 47.7 cm³/mol. The van der Waals surface area contributed by atoms with Gasteiger partial charge in [0.1, 0.15) is 0 Å². The molecule has 0 radical (unpaired) electrons. The van der Waals surface area contributed by atoms with Crippen LogP contribution >= 0.6 is 11.8 Å². The molecule has 0 nitrogen and oxygen atoms in total. The van der Waals surface area contributed by atoms with Gasteiger partial charge in [0.15, 0.2) is 0 Å².